The van der Waals surface area contributed by atoms with Gasteiger partial charge in [-0.2, -0.15) is 0 Å². The van der Waals surface area contributed by atoms with Gasteiger partial charge < -0.3 is 14.5 Å². The highest BCUT2D eigenvalue weighted by Gasteiger charge is 2.22. The number of piperazine rings is 1. The fraction of sp³-hybridized carbons (Fsp3) is 0.542. The van der Waals surface area contributed by atoms with Crippen LogP contribution in [0.25, 0.3) is 0 Å². The second-order valence-corrected chi connectivity index (χ2v) is 9.55. The van der Waals surface area contributed by atoms with Gasteiger partial charge in [-0.3, -0.25) is 9.69 Å². The SMILES string of the molecule is CC(C)Oc1ccccc1N1CCN(Cc2cc(C(=O)N3CCCCC3)cs2)CC1. The molecule has 0 spiro atoms. The lowest BCUT2D eigenvalue weighted by molar-refractivity contribution is 0.0725. The van der Waals surface area contributed by atoms with Crippen molar-refractivity contribution in [1.29, 1.82) is 0 Å². The molecule has 0 saturated carbocycles. The molecule has 1 aromatic carbocycles. The summed E-state index contributed by atoms with van der Waals surface area (Å²) in [6.45, 7) is 10.9. The molecule has 2 aliphatic rings. The molecule has 30 heavy (non-hydrogen) atoms. The summed E-state index contributed by atoms with van der Waals surface area (Å²) in [5, 5.41) is 2.04. The molecule has 2 saturated heterocycles. The molecule has 4 rings (SSSR count). The number of ether oxygens (including phenoxy) is 1. The Morgan fingerprint density at radius 1 is 1.03 bits per heavy atom. The molecular formula is C24H33N3O2S. The van der Waals surface area contributed by atoms with Crippen LogP contribution in [-0.2, 0) is 6.54 Å². The van der Waals surface area contributed by atoms with Crippen LogP contribution in [0, 0.1) is 0 Å². The second-order valence-electron chi connectivity index (χ2n) is 8.55. The van der Waals surface area contributed by atoms with Crippen LogP contribution < -0.4 is 9.64 Å². The van der Waals surface area contributed by atoms with E-state index in [1.165, 1.54) is 17.0 Å². The maximum absolute atomic E-state index is 12.7. The standard InChI is InChI=1S/C24H33N3O2S/c1-19(2)29-23-9-5-4-8-22(23)26-14-12-25(13-15-26)17-21-16-20(18-30-21)24(28)27-10-6-3-7-11-27/h4-5,8-9,16,18-19H,3,6-7,10-15,17H2,1-2H3. The highest BCUT2D eigenvalue weighted by atomic mass is 32.1. The van der Waals surface area contributed by atoms with Crippen LogP contribution in [0.5, 0.6) is 5.75 Å². The third kappa shape index (κ3) is 5.16. The van der Waals surface area contributed by atoms with Gasteiger partial charge in [0.2, 0.25) is 0 Å². The molecule has 1 amide bonds. The predicted molar refractivity (Wildman–Crippen MR) is 124 cm³/mol. The van der Waals surface area contributed by atoms with Crippen molar-refractivity contribution >= 4 is 22.9 Å². The molecule has 0 radical (unpaired) electrons. The number of anilines is 1. The van der Waals surface area contributed by atoms with Gasteiger partial charge in [-0.05, 0) is 51.3 Å². The molecule has 0 atom stereocenters. The number of carbonyl (C=O) groups excluding carboxylic acids is 1. The summed E-state index contributed by atoms with van der Waals surface area (Å²) in [5.41, 5.74) is 2.06. The number of rotatable bonds is 6. The van der Waals surface area contributed by atoms with E-state index in [4.69, 9.17) is 4.74 Å². The Bertz CT molecular complexity index is 836. The summed E-state index contributed by atoms with van der Waals surface area (Å²) in [7, 11) is 0. The molecule has 0 bridgehead atoms. The lowest BCUT2D eigenvalue weighted by atomic mass is 10.1. The number of carbonyl (C=O) groups is 1. The zero-order chi connectivity index (χ0) is 20.9. The van der Waals surface area contributed by atoms with E-state index in [2.05, 4.69) is 47.9 Å². The minimum atomic E-state index is 0.174. The lowest BCUT2D eigenvalue weighted by Crippen LogP contribution is -2.46. The van der Waals surface area contributed by atoms with Crippen LogP contribution in [0.3, 0.4) is 0 Å². The van der Waals surface area contributed by atoms with Gasteiger partial charge in [-0.25, -0.2) is 0 Å². The number of likely N-dealkylation sites (tertiary alicyclic amines) is 1. The lowest BCUT2D eigenvalue weighted by Gasteiger charge is -2.36. The molecule has 1 aromatic heterocycles. The highest BCUT2D eigenvalue weighted by molar-refractivity contribution is 7.10. The van der Waals surface area contributed by atoms with Crippen molar-refractivity contribution in [1.82, 2.24) is 9.80 Å². The number of nitrogens with zero attached hydrogens (tertiary/aromatic N) is 3. The van der Waals surface area contributed by atoms with E-state index in [-0.39, 0.29) is 12.0 Å². The van der Waals surface area contributed by atoms with Crippen molar-refractivity contribution < 1.29 is 9.53 Å². The van der Waals surface area contributed by atoms with E-state index in [1.54, 1.807) is 11.3 Å². The molecule has 0 aliphatic carbocycles. The molecular weight excluding hydrogens is 394 g/mol. The van der Waals surface area contributed by atoms with Crippen molar-refractivity contribution in [2.45, 2.75) is 45.8 Å². The average Bonchev–Trinajstić information content (AvgIpc) is 3.23. The van der Waals surface area contributed by atoms with Gasteiger partial charge in [0.05, 0.1) is 17.4 Å². The van der Waals surface area contributed by atoms with Crippen LogP contribution >= 0.6 is 11.3 Å². The van der Waals surface area contributed by atoms with Crippen molar-refractivity contribution in [3.05, 3.63) is 46.2 Å². The van der Waals surface area contributed by atoms with Crippen LogP contribution in [0.2, 0.25) is 0 Å². The summed E-state index contributed by atoms with van der Waals surface area (Å²) in [6, 6.07) is 10.5. The van der Waals surface area contributed by atoms with Crippen molar-refractivity contribution in [2.24, 2.45) is 0 Å². The van der Waals surface area contributed by atoms with Crippen molar-refractivity contribution in [2.75, 3.05) is 44.2 Å². The van der Waals surface area contributed by atoms with Gasteiger partial charge in [0.1, 0.15) is 5.75 Å². The Morgan fingerprint density at radius 2 is 1.77 bits per heavy atom. The van der Waals surface area contributed by atoms with E-state index in [0.717, 1.165) is 70.0 Å². The van der Waals surface area contributed by atoms with E-state index in [9.17, 15) is 4.79 Å². The summed E-state index contributed by atoms with van der Waals surface area (Å²) < 4.78 is 6.01. The molecule has 2 aromatic rings. The zero-order valence-electron chi connectivity index (χ0n) is 18.2. The van der Waals surface area contributed by atoms with E-state index in [0.29, 0.717) is 0 Å². The smallest absolute Gasteiger partial charge is 0.254 e. The van der Waals surface area contributed by atoms with E-state index < -0.39 is 0 Å². The molecule has 6 heteroatoms. The third-order valence-electron chi connectivity index (χ3n) is 5.86. The normalized spacial score (nSPS) is 18.1. The van der Waals surface area contributed by atoms with Gasteiger partial charge in [0, 0.05) is 56.1 Å². The second kappa shape index (κ2) is 9.84. The number of piperidine rings is 1. The molecule has 3 heterocycles. The molecule has 5 nitrogen and oxygen atoms in total. The first-order valence-electron chi connectivity index (χ1n) is 11.2. The maximum Gasteiger partial charge on any atom is 0.254 e. The Labute approximate surface area is 184 Å². The number of thiophene rings is 1. The van der Waals surface area contributed by atoms with Crippen molar-refractivity contribution in [3.63, 3.8) is 0 Å². The van der Waals surface area contributed by atoms with Crippen LogP contribution in [-0.4, -0.2) is 61.1 Å². The topological polar surface area (TPSA) is 36.0 Å². The Balaban J connectivity index is 1.31. The molecule has 2 fully saturated rings. The van der Waals surface area contributed by atoms with Gasteiger partial charge >= 0.3 is 0 Å². The van der Waals surface area contributed by atoms with Crippen molar-refractivity contribution in [3.8, 4) is 5.75 Å². The molecule has 0 unspecified atom stereocenters. The van der Waals surface area contributed by atoms with Crippen LogP contribution in [0.4, 0.5) is 5.69 Å². The van der Waals surface area contributed by atoms with E-state index in [1.807, 2.05) is 16.3 Å². The zero-order valence-corrected chi connectivity index (χ0v) is 19.0. The first-order chi connectivity index (χ1) is 14.6. The fourth-order valence-corrected chi connectivity index (χ4v) is 5.19. The minimum Gasteiger partial charge on any atom is -0.489 e. The van der Waals surface area contributed by atoms with Crippen LogP contribution in [0.1, 0.15) is 48.3 Å². The first kappa shape index (κ1) is 21.2. The summed E-state index contributed by atoms with van der Waals surface area (Å²) >= 11 is 1.72. The molecule has 2 aliphatic heterocycles. The average molecular weight is 428 g/mol. The van der Waals surface area contributed by atoms with Gasteiger partial charge in [-0.1, -0.05) is 12.1 Å². The number of hydrogen-bond donors (Lipinski definition) is 0. The molecule has 162 valence electrons. The van der Waals surface area contributed by atoms with Gasteiger partial charge in [0.25, 0.3) is 5.91 Å². The largest absolute Gasteiger partial charge is 0.489 e. The fourth-order valence-electron chi connectivity index (χ4n) is 4.29. The maximum atomic E-state index is 12.7. The Hall–Kier alpha value is -2.05. The molecule has 0 N–H and O–H groups in total. The number of benzene rings is 1. The summed E-state index contributed by atoms with van der Waals surface area (Å²) in [4.78, 5) is 20.9. The quantitative estimate of drug-likeness (QED) is 0.681. The number of para-hydroxylation sites is 2. The predicted octanol–water partition coefficient (Wildman–Crippen LogP) is 4.48. The van der Waals surface area contributed by atoms with Gasteiger partial charge in [-0.15, -0.1) is 11.3 Å². The minimum absolute atomic E-state index is 0.174. The summed E-state index contributed by atoms with van der Waals surface area (Å²) in [5.74, 6) is 1.18. The third-order valence-corrected chi connectivity index (χ3v) is 6.79. The van der Waals surface area contributed by atoms with Crippen LogP contribution in [0.15, 0.2) is 35.7 Å². The van der Waals surface area contributed by atoms with Gasteiger partial charge in [0.15, 0.2) is 0 Å². The van der Waals surface area contributed by atoms with E-state index >= 15 is 0 Å². The Morgan fingerprint density at radius 3 is 2.50 bits per heavy atom. The highest BCUT2D eigenvalue weighted by Crippen LogP contribution is 2.30. The Kier molecular flexibility index (Phi) is 6.95. The monoisotopic (exact) mass is 427 g/mol. The first-order valence-corrected chi connectivity index (χ1v) is 12.1. The number of hydrogen-bond acceptors (Lipinski definition) is 5. The summed E-state index contributed by atoms with van der Waals surface area (Å²) in [6.07, 6.45) is 3.70. The number of amides is 1.